The summed E-state index contributed by atoms with van der Waals surface area (Å²) in [5, 5.41) is 0. The lowest BCUT2D eigenvalue weighted by Gasteiger charge is -2.15. The summed E-state index contributed by atoms with van der Waals surface area (Å²) >= 11 is 0. The second-order valence-electron chi connectivity index (χ2n) is 4.26. The fourth-order valence-corrected chi connectivity index (χ4v) is 2.03. The Morgan fingerprint density at radius 1 is 0.944 bits per heavy atom. The lowest BCUT2D eigenvalue weighted by molar-refractivity contribution is 0.493. The summed E-state index contributed by atoms with van der Waals surface area (Å²) in [6, 6.07) is 13.9. The highest BCUT2D eigenvalue weighted by molar-refractivity contribution is 5.26. The number of hydrogen-bond donors (Lipinski definition) is 1. The van der Waals surface area contributed by atoms with Crippen molar-refractivity contribution in [3.8, 4) is 0 Å². The van der Waals surface area contributed by atoms with E-state index < -0.39 is 11.6 Å². The Morgan fingerprint density at radius 2 is 1.67 bits per heavy atom. The van der Waals surface area contributed by atoms with Gasteiger partial charge in [-0.1, -0.05) is 42.5 Å². The van der Waals surface area contributed by atoms with Crippen LogP contribution >= 0.6 is 0 Å². The topological polar surface area (TPSA) is 26.0 Å². The molecule has 0 aromatic heterocycles. The summed E-state index contributed by atoms with van der Waals surface area (Å²) in [7, 11) is 0. The van der Waals surface area contributed by atoms with Crippen molar-refractivity contribution in [2.45, 2.75) is 12.3 Å². The van der Waals surface area contributed by atoms with Crippen LogP contribution in [0.2, 0.25) is 0 Å². The molecule has 18 heavy (non-hydrogen) atoms. The van der Waals surface area contributed by atoms with Gasteiger partial charge in [0.1, 0.15) is 0 Å². The zero-order valence-electron chi connectivity index (χ0n) is 9.94. The average molecular weight is 247 g/mol. The number of nitrogens with two attached hydrogens (primary N) is 1. The Labute approximate surface area is 105 Å². The molecular weight excluding hydrogens is 232 g/mol. The zero-order chi connectivity index (χ0) is 13.0. The molecule has 2 aromatic rings. The van der Waals surface area contributed by atoms with Crippen molar-refractivity contribution >= 4 is 0 Å². The van der Waals surface area contributed by atoms with E-state index >= 15 is 0 Å². The molecule has 94 valence electrons. The Hall–Kier alpha value is -1.74. The molecule has 0 spiro atoms. The molecule has 0 heterocycles. The summed E-state index contributed by atoms with van der Waals surface area (Å²) in [6.45, 7) is 0.403. The van der Waals surface area contributed by atoms with Gasteiger partial charge in [0.15, 0.2) is 11.6 Å². The molecule has 0 amide bonds. The molecule has 1 unspecified atom stereocenters. The predicted octanol–water partition coefficient (Wildman–Crippen LogP) is 3.25. The average Bonchev–Trinajstić information content (AvgIpc) is 2.41. The normalized spacial score (nSPS) is 12.4. The molecule has 0 fully saturated rings. The second kappa shape index (κ2) is 5.74. The summed E-state index contributed by atoms with van der Waals surface area (Å²) in [5.41, 5.74) is 7.14. The molecular formula is C15H15F2N. The van der Waals surface area contributed by atoms with E-state index in [1.807, 2.05) is 30.3 Å². The first-order chi connectivity index (χ1) is 8.72. The molecule has 0 saturated heterocycles. The molecule has 2 rings (SSSR count). The van der Waals surface area contributed by atoms with Crippen molar-refractivity contribution in [3.05, 3.63) is 71.3 Å². The van der Waals surface area contributed by atoms with Crippen LogP contribution in [0, 0.1) is 11.6 Å². The van der Waals surface area contributed by atoms with E-state index in [1.165, 1.54) is 6.07 Å². The van der Waals surface area contributed by atoms with Crippen molar-refractivity contribution in [2.24, 2.45) is 5.73 Å². The highest BCUT2D eigenvalue weighted by Crippen LogP contribution is 2.22. The minimum absolute atomic E-state index is 0.00231. The Kier molecular flexibility index (Phi) is 4.05. The van der Waals surface area contributed by atoms with Crippen LogP contribution < -0.4 is 5.73 Å². The summed E-state index contributed by atoms with van der Waals surface area (Å²) in [4.78, 5) is 0. The molecule has 1 nitrogen and oxygen atoms in total. The third kappa shape index (κ3) is 2.74. The number of benzene rings is 2. The first-order valence-electron chi connectivity index (χ1n) is 5.90. The minimum Gasteiger partial charge on any atom is -0.330 e. The molecule has 0 aliphatic rings. The first-order valence-corrected chi connectivity index (χ1v) is 5.90. The predicted molar refractivity (Wildman–Crippen MR) is 68.3 cm³/mol. The highest BCUT2D eigenvalue weighted by Gasteiger charge is 2.14. The van der Waals surface area contributed by atoms with Crippen LogP contribution in [0.15, 0.2) is 48.5 Å². The lowest BCUT2D eigenvalue weighted by atomic mass is 9.92. The van der Waals surface area contributed by atoms with E-state index in [-0.39, 0.29) is 5.92 Å². The smallest absolute Gasteiger partial charge is 0.162 e. The van der Waals surface area contributed by atoms with Crippen LogP contribution in [0.25, 0.3) is 0 Å². The molecule has 2 aromatic carbocycles. The Bertz CT molecular complexity index is 511. The van der Waals surface area contributed by atoms with Crippen molar-refractivity contribution in [1.82, 2.24) is 0 Å². The third-order valence-electron chi connectivity index (χ3n) is 3.05. The fraction of sp³-hybridized carbons (Fsp3) is 0.200. The SMILES string of the molecule is NCC(Cc1cccc(F)c1F)c1ccccc1. The maximum atomic E-state index is 13.6. The molecule has 0 saturated carbocycles. The molecule has 0 aliphatic carbocycles. The van der Waals surface area contributed by atoms with Gasteiger partial charge in [-0.05, 0) is 30.2 Å². The van der Waals surface area contributed by atoms with Crippen LogP contribution in [0.1, 0.15) is 17.0 Å². The molecule has 0 aliphatic heterocycles. The van der Waals surface area contributed by atoms with E-state index in [0.717, 1.165) is 11.6 Å². The number of halogens is 2. The van der Waals surface area contributed by atoms with Gasteiger partial charge < -0.3 is 5.73 Å². The second-order valence-corrected chi connectivity index (χ2v) is 4.26. The van der Waals surface area contributed by atoms with Gasteiger partial charge >= 0.3 is 0 Å². The Balaban J connectivity index is 2.24. The van der Waals surface area contributed by atoms with Gasteiger partial charge in [-0.25, -0.2) is 8.78 Å². The van der Waals surface area contributed by atoms with Gasteiger partial charge in [0, 0.05) is 5.92 Å². The lowest BCUT2D eigenvalue weighted by Crippen LogP contribution is -2.15. The maximum absolute atomic E-state index is 13.6. The van der Waals surface area contributed by atoms with Crippen LogP contribution in [0.4, 0.5) is 8.78 Å². The molecule has 1 atom stereocenters. The Morgan fingerprint density at radius 3 is 2.33 bits per heavy atom. The zero-order valence-corrected chi connectivity index (χ0v) is 9.94. The molecule has 0 bridgehead atoms. The van der Waals surface area contributed by atoms with Crippen molar-refractivity contribution in [3.63, 3.8) is 0 Å². The van der Waals surface area contributed by atoms with Gasteiger partial charge in [0.2, 0.25) is 0 Å². The quantitative estimate of drug-likeness (QED) is 0.881. The van der Waals surface area contributed by atoms with Crippen molar-refractivity contribution in [2.75, 3.05) is 6.54 Å². The van der Waals surface area contributed by atoms with Crippen LogP contribution in [-0.2, 0) is 6.42 Å². The minimum atomic E-state index is -0.809. The standard InChI is InChI=1S/C15H15F2N/c16-14-8-4-7-12(15(14)17)9-13(10-18)11-5-2-1-3-6-11/h1-8,13H,9-10,18H2. The van der Waals surface area contributed by atoms with Crippen LogP contribution in [-0.4, -0.2) is 6.54 Å². The monoisotopic (exact) mass is 247 g/mol. The number of rotatable bonds is 4. The molecule has 0 radical (unpaired) electrons. The van der Waals surface area contributed by atoms with Gasteiger partial charge in [-0.15, -0.1) is 0 Å². The summed E-state index contributed by atoms with van der Waals surface area (Å²) in [5.74, 6) is -1.58. The van der Waals surface area contributed by atoms with Crippen molar-refractivity contribution in [1.29, 1.82) is 0 Å². The summed E-state index contributed by atoms with van der Waals surface area (Å²) < 4.78 is 26.7. The largest absolute Gasteiger partial charge is 0.330 e. The van der Waals surface area contributed by atoms with Gasteiger partial charge in [0.05, 0.1) is 0 Å². The van der Waals surface area contributed by atoms with E-state index in [1.54, 1.807) is 6.07 Å². The van der Waals surface area contributed by atoms with Gasteiger partial charge in [0.25, 0.3) is 0 Å². The molecule has 3 heteroatoms. The van der Waals surface area contributed by atoms with Gasteiger partial charge in [-0.3, -0.25) is 0 Å². The highest BCUT2D eigenvalue weighted by atomic mass is 19.2. The maximum Gasteiger partial charge on any atom is 0.162 e. The van der Waals surface area contributed by atoms with E-state index in [9.17, 15) is 8.78 Å². The van der Waals surface area contributed by atoms with Crippen LogP contribution in [0.3, 0.4) is 0 Å². The van der Waals surface area contributed by atoms with Gasteiger partial charge in [-0.2, -0.15) is 0 Å². The number of hydrogen-bond acceptors (Lipinski definition) is 1. The van der Waals surface area contributed by atoms with Crippen LogP contribution in [0.5, 0.6) is 0 Å². The van der Waals surface area contributed by atoms with E-state index in [4.69, 9.17) is 5.73 Å². The fourth-order valence-electron chi connectivity index (χ4n) is 2.03. The van der Waals surface area contributed by atoms with E-state index in [0.29, 0.717) is 18.5 Å². The van der Waals surface area contributed by atoms with Crippen molar-refractivity contribution < 1.29 is 8.78 Å². The van der Waals surface area contributed by atoms with E-state index in [2.05, 4.69) is 0 Å². The summed E-state index contributed by atoms with van der Waals surface area (Å²) in [6.07, 6.45) is 0.407. The molecule has 2 N–H and O–H groups in total. The first kappa shape index (κ1) is 12.7. The third-order valence-corrected chi connectivity index (χ3v) is 3.05.